The first-order valence-corrected chi connectivity index (χ1v) is 8.61. The predicted molar refractivity (Wildman–Crippen MR) is 96.6 cm³/mol. The average molecular weight is 323 g/mol. The fraction of sp³-hybridized carbons (Fsp3) is 0.350. The van der Waals surface area contributed by atoms with Crippen LogP contribution in [0.2, 0.25) is 0 Å². The standard InChI is InChI=1S/C20H25N3O/c21-12-11-19(24)22-13-15-23(16-14-22)20(17-7-3-1-4-8-17)18-9-5-2-6-10-18/h1-10,20H,11-16,21H2. The zero-order valence-corrected chi connectivity index (χ0v) is 14.0. The van der Waals surface area contributed by atoms with E-state index in [9.17, 15) is 4.79 Å². The van der Waals surface area contributed by atoms with E-state index in [1.807, 2.05) is 4.90 Å². The smallest absolute Gasteiger partial charge is 0.223 e. The van der Waals surface area contributed by atoms with Gasteiger partial charge in [-0.15, -0.1) is 0 Å². The maximum Gasteiger partial charge on any atom is 0.223 e. The Morgan fingerprint density at radius 1 is 0.875 bits per heavy atom. The van der Waals surface area contributed by atoms with Crippen LogP contribution in [0.1, 0.15) is 23.6 Å². The van der Waals surface area contributed by atoms with Crippen LogP contribution in [0.4, 0.5) is 0 Å². The number of hydrogen-bond donors (Lipinski definition) is 1. The number of hydrogen-bond acceptors (Lipinski definition) is 3. The Labute approximate surface area is 143 Å². The van der Waals surface area contributed by atoms with Crippen LogP contribution >= 0.6 is 0 Å². The SMILES string of the molecule is NCCC(=O)N1CCN(C(c2ccccc2)c2ccccc2)CC1. The molecule has 1 heterocycles. The van der Waals surface area contributed by atoms with Crippen LogP contribution in [-0.2, 0) is 4.79 Å². The van der Waals surface area contributed by atoms with Gasteiger partial charge in [-0.25, -0.2) is 0 Å². The molecule has 1 saturated heterocycles. The Hall–Kier alpha value is -2.17. The molecule has 0 radical (unpaired) electrons. The Bertz CT molecular complexity index is 597. The molecule has 0 atom stereocenters. The van der Waals surface area contributed by atoms with Crippen molar-refractivity contribution < 1.29 is 4.79 Å². The molecule has 0 bridgehead atoms. The van der Waals surface area contributed by atoms with Gasteiger partial charge in [-0.1, -0.05) is 60.7 Å². The summed E-state index contributed by atoms with van der Waals surface area (Å²) >= 11 is 0. The highest BCUT2D eigenvalue weighted by Gasteiger charge is 2.27. The molecule has 1 fully saturated rings. The highest BCUT2D eigenvalue weighted by Crippen LogP contribution is 2.29. The van der Waals surface area contributed by atoms with Crippen molar-refractivity contribution in [2.75, 3.05) is 32.7 Å². The molecule has 4 heteroatoms. The normalized spacial score (nSPS) is 15.7. The van der Waals surface area contributed by atoms with Crippen molar-refractivity contribution in [3.63, 3.8) is 0 Å². The van der Waals surface area contributed by atoms with Crippen LogP contribution in [0.3, 0.4) is 0 Å². The van der Waals surface area contributed by atoms with Gasteiger partial charge in [0.25, 0.3) is 0 Å². The molecule has 2 aromatic carbocycles. The topological polar surface area (TPSA) is 49.6 Å². The summed E-state index contributed by atoms with van der Waals surface area (Å²) in [5, 5.41) is 0. The summed E-state index contributed by atoms with van der Waals surface area (Å²) in [4.78, 5) is 16.5. The van der Waals surface area contributed by atoms with Gasteiger partial charge in [-0.2, -0.15) is 0 Å². The Kier molecular flexibility index (Phi) is 5.62. The van der Waals surface area contributed by atoms with Gasteiger partial charge in [-0.3, -0.25) is 9.69 Å². The van der Waals surface area contributed by atoms with Gasteiger partial charge in [-0.05, 0) is 11.1 Å². The lowest BCUT2D eigenvalue weighted by Gasteiger charge is -2.39. The fourth-order valence-electron chi connectivity index (χ4n) is 3.40. The predicted octanol–water partition coefficient (Wildman–Crippen LogP) is 2.27. The number of amides is 1. The zero-order chi connectivity index (χ0) is 16.8. The van der Waals surface area contributed by atoms with Gasteiger partial charge >= 0.3 is 0 Å². The third kappa shape index (κ3) is 3.83. The first-order valence-electron chi connectivity index (χ1n) is 8.61. The minimum atomic E-state index is 0.174. The minimum Gasteiger partial charge on any atom is -0.340 e. The number of piperazine rings is 1. The number of benzene rings is 2. The summed E-state index contributed by atoms with van der Waals surface area (Å²) in [6.45, 7) is 3.73. The van der Waals surface area contributed by atoms with Gasteiger partial charge in [0.2, 0.25) is 5.91 Å². The van der Waals surface area contributed by atoms with E-state index in [0.29, 0.717) is 13.0 Å². The molecule has 1 amide bonds. The van der Waals surface area contributed by atoms with E-state index in [1.54, 1.807) is 0 Å². The Balaban J connectivity index is 1.77. The van der Waals surface area contributed by atoms with E-state index in [1.165, 1.54) is 11.1 Å². The molecule has 0 unspecified atom stereocenters. The molecular formula is C20H25N3O. The van der Waals surface area contributed by atoms with Gasteiger partial charge in [0, 0.05) is 39.1 Å². The summed E-state index contributed by atoms with van der Waals surface area (Å²) in [6.07, 6.45) is 0.445. The van der Waals surface area contributed by atoms with Crippen molar-refractivity contribution in [1.29, 1.82) is 0 Å². The summed E-state index contributed by atoms with van der Waals surface area (Å²) in [7, 11) is 0. The van der Waals surface area contributed by atoms with Crippen molar-refractivity contribution in [2.24, 2.45) is 5.73 Å². The highest BCUT2D eigenvalue weighted by atomic mass is 16.2. The lowest BCUT2D eigenvalue weighted by atomic mass is 9.96. The average Bonchev–Trinajstić information content (AvgIpc) is 2.64. The van der Waals surface area contributed by atoms with Crippen molar-refractivity contribution in [2.45, 2.75) is 12.5 Å². The molecule has 2 N–H and O–H groups in total. The fourth-order valence-corrected chi connectivity index (χ4v) is 3.40. The van der Waals surface area contributed by atoms with Gasteiger partial charge in [0.05, 0.1) is 6.04 Å². The van der Waals surface area contributed by atoms with Crippen molar-refractivity contribution in [3.05, 3.63) is 71.8 Å². The number of nitrogens with two attached hydrogens (primary N) is 1. The lowest BCUT2D eigenvalue weighted by Crippen LogP contribution is -2.50. The second-order valence-electron chi connectivity index (χ2n) is 6.18. The quantitative estimate of drug-likeness (QED) is 0.918. The molecule has 0 saturated carbocycles. The Morgan fingerprint density at radius 3 is 1.83 bits per heavy atom. The molecule has 0 spiro atoms. The lowest BCUT2D eigenvalue weighted by molar-refractivity contribution is -0.132. The molecule has 1 aliphatic rings. The monoisotopic (exact) mass is 323 g/mol. The van der Waals surface area contributed by atoms with Crippen molar-refractivity contribution in [1.82, 2.24) is 9.80 Å². The van der Waals surface area contributed by atoms with Crippen LogP contribution < -0.4 is 5.73 Å². The van der Waals surface area contributed by atoms with Crippen LogP contribution in [0, 0.1) is 0 Å². The molecule has 0 aromatic heterocycles. The van der Waals surface area contributed by atoms with E-state index in [-0.39, 0.29) is 11.9 Å². The third-order valence-electron chi connectivity index (χ3n) is 4.62. The molecule has 1 aliphatic heterocycles. The van der Waals surface area contributed by atoms with Crippen molar-refractivity contribution >= 4 is 5.91 Å². The molecule has 126 valence electrons. The first kappa shape index (κ1) is 16.7. The Morgan fingerprint density at radius 2 is 1.38 bits per heavy atom. The van der Waals surface area contributed by atoms with Crippen LogP contribution in [0.5, 0.6) is 0 Å². The minimum absolute atomic E-state index is 0.174. The number of rotatable bonds is 5. The number of nitrogens with zero attached hydrogens (tertiary/aromatic N) is 2. The molecular weight excluding hydrogens is 298 g/mol. The van der Waals surface area contributed by atoms with Crippen molar-refractivity contribution in [3.8, 4) is 0 Å². The van der Waals surface area contributed by atoms with E-state index >= 15 is 0 Å². The summed E-state index contributed by atoms with van der Waals surface area (Å²) in [5.74, 6) is 0.174. The van der Waals surface area contributed by atoms with E-state index in [4.69, 9.17) is 5.73 Å². The summed E-state index contributed by atoms with van der Waals surface area (Å²) < 4.78 is 0. The number of carbonyl (C=O) groups is 1. The summed E-state index contributed by atoms with van der Waals surface area (Å²) in [6, 6.07) is 21.4. The van der Waals surface area contributed by atoms with Gasteiger partial charge in [0.15, 0.2) is 0 Å². The van der Waals surface area contributed by atoms with Gasteiger partial charge < -0.3 is 10.6 Å². The second kappa shape index (κ2) is 8.08. The number of carbonyl (C=O) groups excluding carboxylic acids is 1. The molecule has 3 rings (SSSR count). The molecule has 4 nitrogen and oxygen atoms in total. The maximum atomic E-state index is 12.0. The van der Waals surface area contributed by atoms with Crippen LogP contribution in [0.25, 0.3) is 0 Å². The first-order chi connectivity index (χ1) is 11.8. The largest absolute Gasteiger partial charge is 0.340 e. The van der Waals surface area contributed by atoms with E-state index in [0.717, 1.165) is 26.2 Å². The second-order valence-corrected chi connectivity index (χ2v) is 6.18. The molecule has 0 aliphatic carbocycles. The third-order valence-corrected chi connectivity index (χ3v) is 4.62. The van der Waals surface area contributed by atoms with E-state index < -0.39 is 0 Å². The molecule has 2 aromatic rings. The highest BCUT2D eigenvalue weighted by molar-refractivity contribution is 5.76. The van der Waals surface area contributed by atoms with Gasteiger partial charge in [0.1, 0.15) is 0 Å². The maximum absolute atomic E-state index is 12.0. The van der Waals surface area contributed by atoms with Crippen LogP contribution in [0.15, 0.2) is 60.7 Å². The zero-order valence-electron chi connectivity index (χ0n) is 14.0. The van der Waals surface area contributed by atoms with Crippen LogP contribution in [-0.4, -0.2) is 48.4 Å². The summed E-state index contributed by atoms with van der Waals surface area (Å²) in [5.41, 5.74) is 8.10. The molecule has 24 heavy (non-hydrogen) atoms. The van der Waals surface area contributed by atoms with E-state index in [2.05, 4.69) is 65.6 Å².